The lowest BCUT2D eigenvalue weighted by molar-refractivity contribution is 0.0690. The fourth-order valence-electron chi connectivity index (χ4n) is 4.95. The van der Waals surface area contributed by atoms with Crippen LogP contribution in [0.1, 0.15) is 16.1 Å². The standard InChI is InChI=1S/C29H24N6O17S4/c1-14-10-20(21(36)13-22(14)53(41,42)9-8-52-56(49,50)51)31-32-24-23(55(46,47)48)11-15-2-3-16(12-19(15)27(24)37)30-33-25-26(29(39)40)34-35(28(25)38)17-4-6-18(7-5-17)54(43,44)45/h2-7,10-13,34,36-37H,8-9H2,1H3,(H,39,40)(H,43,44,45)(H,46,47,48)(H,49,50,51). The van der Waals surface area contributed by atoms with Crippen LogP contribution in [0.2, 0.25) is 0 Å². The predicted molar refractivity (Wildman–Crippen MR) is 189 cm³/mol. The Bertz CT molecular complexity index is 3010. The number of aromatic hydroxyl groups is 2. The third kappa shape index (κ3) is 8.95. The number of carboxylic acid groups (broad SMARTS) is 1. The number of aryl methyl sites for hydroxylation is 1. The Morgan fingerprint density at radius 3 is 2.02 bits per heavy atom. The van der Waals surface area contributed by atoms with E-state index in [-0.39, 0.29) is 27.7 Å². The summed E-state index contributed by atoms with van der Waals surface area (Å²) in [6.07, 6.45) is 0. The molecule has 296 valence electrons. The molecule has 0 amide bonds. The van der Waals surface area contributed by atoms with Gasteiger partial charge >= 0.3 is 16.4 Å². The fraction of sp³-hybridized carbons (Fsp3) is 0.103. The number of rotatable bonds is 13. The van der Waals surface area contributed by atoms with E-state index in [9.17, 15) is 67.7 Å². The third-order valence-corrected chi connectivity index (χ3v) is 11.5. The minimum atomic E-state index is -5.13. The zero-order chi connectivity index (χ0) is 41.5. The predicted octanol–water partition coefficient (Wildman–Crippen LogP) is 3.65. The van der Waals surface area contributed by atoms with Crippen LogP contribution in [0.25, 0.3) is 16.5 Å². The van der Waals surface area contributed by atoms with E-state index in [0.29, 0.717) is 4.68 Å². The van der Waals surface area contributed by atoms with Gasteiger partial charge in [0.2, 0.25) is 0 Å². The van der Waals surface area contributed by atoms with Gasteiger partial charge in [0.05, 0.1) is 33.5 Å². The van der Waals surface area contributed by atoms with Gasteiger partial charge in [-0.25, -0.2) is 22.1 Å². The van der Waals surface area contributed by atoms with Gasteiger partial charge in [-0.15, -0.1) is 15.3 Å². The average molecular weight is 857 g/mol. The van der Waals surface area contributed by atoms with Gasteiger partial charge in [0, 0.05) is 11.5 Å². The maximum Gasteiger partial charge on any atom is 0.397 e. The topological polar surface area (TPSA) is 371 Å². The SMILES string of the molecule is Cc1cc(N=Nc2c(S(=O)(=O)O)cc3ccc(N=Nc4c(C(=O)O)[nH]n(-c5ccc(S(=O)(=O)O)cc5)c4=O)cc3c2O)c(O)cc1S(=O)(=O)CCOS(=O)(=O)O. The highest BCUT2D eigenvalue weighted by Gasteiger charge is 2.25. The zero-order valence-corrected chi connectivity index (χ0v) is 31.0. The maximum absolute atomic E-state index is 13.1. The molecule has 27 heteroatoms. The normalized spacial score (nSPS) is 12.9. The summed E-state index contributed by atoms with van der Waals surface area (Å²) in [5, 5.41) is 48.4. The molecule has 0 fully saturated rings. The largest absolute Gasteiger partial charge is 0.506 e. The molecule has 0 unspecified atom stereocenters. The molecule has 0 aliphatic rings. The van der Waals surface area contributed by atoms with E-state index in [1.54, 1.807) is 0 Å². The Balaban J connectivity index is 1.53. The minimum Gasteiger partial charge on any atom is -0.506 e. The van der Waals surface area contributed by atoms with Crippen molar-refractivity contribution in [2.45, 2.75) is 21.6 Å². The van der Waals surface area contributed by atoms with Crippen LogP contribution < -0.4 is 5.56 Å². The highest BCUT2D eigenvalue weighted by atomic mass is 32.3. The van der Waals surface area contributed by atoms with Crippen molar-refractivity contribution in [2.24, 2.45) is 20.5 Å². The molecule has 0 saturated heterocycles. The zero-order valence-electron chi connectivity index (χ0n) is 27.7. The van der Waals surface area contributed by atoms with Crippen LogP contribution in [0.4, 0.5) is 22.7 Å². The van der Waals surface area contributed by atoms with Crippen molar-refractivity contribution >= 4 is 80.0 Å². The first kappa shape index (κ1) is 41.2. The van der Waals surface area contributed by atoms with Gasteiger partial charge in [0.1, 0.15) is 22.0 Å². The van der Waals surface area contributed by atoms with E-state index in [0.717, 1.165) is 48.5 Å². The van der Waals surface area contributed by atoms with Crippen LogP contribution in [-0.4, -0.2) is 90.8 Å². The second-order valence-corrected chi connectivity index (χ2v) is 17.3. The fourth-order valence-corrected chi connectivity index (χ4v) is 7.85. The van der Waals surface area contributed by atoms with Crippen molar-refractivity contribution in [3.63, 3.8) is 0 Å². The number of phenols is 2. The molecule has 0 bridgehead atoms. The molecule has 0 radical (unpaired) electrons. The number of carboxylic acids is 1. The summed E-state index contributed by atoms with van der Waals surface area (Å²) >= 11 is 0. The van der Waals surface area contributed by atoms with Gasteiger partial charge in [0.15, 0.2) is 27.0 Å². The van der Waals surface area contributed by atoms with Gasteiger partial charge in [-0.2, -0.15) is 30.4 Å². The molecular formula is C29H24N6O17S4. The smallest absolute Gasteiger partial charge is 0.397 e. The number of fused-ring (bicyclic) bond motifs is 1. The number of phenolic OH excluding ortho intramolecular Hbond substituents is 2. The lowest BCUT2D eigenvalue weighted by atomic mass is 10.1. The molecule has 1 heterocycles. The Labute approximate surface area is 314 Å². The molecule has 0 saturated carbocycles. The maximum atomic E-state index is 13.1. The van der Waals surface area contributed by atoms with Crippen LogP contribution in [0.5, 0.6) is 11.5 Å². The van der Waals surface area contributed by atoms with Crippen LogP contribution >= 0.6 is 0 Å². The molecule has 56 heavy (non-hydrogen) atoms. The van der Waals surface area contributed by atoms with Crippen LogP contribution in [0.3, 0.4) is 0 Å². The van der Waals surface area contributed by atoms with Crippen molar-refractivity contribution in [2.75, 3.05) is 12.4 Å². The summed E-state index contributed by atoms with van der Waals surface area (Å²) in [5.74, 6) is -4.33. The monoisotopic (exact) mass is 856 g/mol. The third-order valence-electron chi connectivity index (χ3n) is 7.50. The van der Waals surface area contributed by atoms with Gasteiger partial charge in [0.25, 0.3) is 25.8 Å². The first-order valence-corrected chi connectivity index (χ1v) is 20.7. The number of hydrogen-bond acceptors (Lipinski definition) is 17. The average Bonchev–Trinajstić information content (AvgIpc) is 3.42. The number of aromatic nitrogens is 2. The molecule has 5 rings (SSSR count). The van der Waals surface area contributed by atoms with E-state index in [1.165, 1.54) is 19.1 Å². The van der Waals surface area contributed by atoms with Gasteiger partial charge < -0.3 is 15.3 Å². The van der Waals surface area contributed by atoms with Crippen molar-refractivity contribution < 1.29 is 71.6 Å². The molecule has 5 aromatic rings. The Morgan fingerprint density at radius 1 is 0.786 bits per heavy atom. The Kier molecular flexibility index (Phi) is 11.0. The summed E-state index contributed by atoms with van der Waals surface area (Å²) in [6.45, 7) is 0.299. The summed E-state index contributed by atoms with van der Waals surface area (Å²) in [5.41, 5.74) is -4.10. The summed E-state index contributed by atoms with van der Waals surface area (Å²) in [7, 11) is -19.0. The number of sulfone groups is 1. The van der Waals surface area contributed by atoms with Crippen molar-refractivity contribution in [1.82, 2.24) is 9.78 Å². The number of nitrogens with zero attached hydrogens (tertiary/aromatic N) is 5. The summed E-state index contributed by atoms with van der Waals surface area (Å²) in [4.78, 5) is 23.1. The highest BCUT2D eigenvalue weighted by Crippen LogP contribution is 2.43. The number of aromatic amines is 1. The highest BCUT2D eigenvalue weighted by molar-refractivity contribution is 7.91. The number of azo groups is 2. The Hall–Kier alpha value is -5.94. The summed E-state index contributed by atoms with van der Waals surface area (Å²) < 4.78 is 127. The Morgan fingerprint density at radius 2 is 1.43 bits per heavy atom. The van der Waals surface area contributed by atoms with Crippen LogP contribution in [0, 0.1) is 6.92 Å². The lowest BCUT2D eigenvalue weighted by Gasteiger charge is -2.11. The van der Waals surface area contributed by atoms with Crippen LogP contribution in [-0.2, 0) is 44.7 Å². The molecule has 23 nitrogen and oxygen atoms in total. The van der Waals surface area contributed by atoms with E-state index in [1.807, 2.05) is 0 Å². The number of hydrogen-bond donors (Lipinski definition) is 7. The molecule has 0 atom stereocenters. The summed E-state index contributed by atoms with van der Waals surface area (Å²) in [6, 6.07) is 10.2. The first-order valence-electron chi connectivity index (χ1n) is 14.8. The van der Waals surface area contributed by atoms with Gasteiger partial charge in [-0.05, 0) is 66.4 Å². The van der Waals surface area contributed by atoms with E-state index < -0.39 is 113 Å². The quantitative estimate of drug-likeness (QED) is 0.0656. The molecule has 0 aliphatic heterocycles. The van der Waals surface area contributed by atoms with E-state index >= 15 is 0 Å². The first-order chi connectivity index (χ1) is 25.9. The van der Waals surface area contributed by atoms with Crippen LogP contribution in [0.15, 0.2) is 101 Å². The second-order valence-electron chi connectivity index (χ2n) is 11.3. The van der Waals surface area contributed by atoms with Crippen molar-refractivity contribution in [3.8, 4) is 17.2 Å². The molecule has 4 aromatic carbocycles. The molecule has 1 aromatic heterocycles. The number of nitrogens with one attached hydrogen (secondary N) is 1. The number of benzene rings is 4. The molecule has 0 spiro atoms. The molecular weight excluding hydrogens is 833 g/mol. The lowest BCUT2D eigenvalue weighted by Crippen LogP contribution is -2.16. The number of aromatic carboxylic acids is 1. The number of H-pyrrole nitrogens is 1. The van der Waals surface area contributed by atoms with Crippen molar-refractivity contribution in [1.29, 1.82) is 0 Å². The molecule has 7 N–H and O–H groups in total. The second kappa shape index (κ2) is 15.0. The number of carbonyl (C=O) groups is 1. The molecule has 0 aliphatic carbocycles. The van der Waals surface area contributed by atoms with Gasteiger partial charge in [-0.3, -0.25) is 23.6 Å². The minimum absolute atomic E-state index is 0.0252. The van der Waals surface area contributed by atoms with E-state index in [4.69, 9.17) is 4.55 Å². The van der Waals surface area contributed by atoms with Crippen molar-refractivity contribution in [3.05, 3.63) is 82.3 Å². The van der Waals surface area contributed by atoms with Gasteiger partial charge in [-0.1, -0.05) is 6.07 Å². The van der Waals surface area contributed by atoms with E-state index in [2.05, 4.69) is 29.7 Å².